The average molecular weight is 327 g/mol. The van der Waals surface area contributed by atoms with Gasteiger partial charge in [-0.25, -0.2) is 0 Å². The number of benzene rings is 2. The van der Waals surface area contributed by atoms with Crippen molar-refractivity contribution in [2.75, 3.05) is 0 Å². The molecule has 0 aliphatic carbocycles. The Bertz CT molecular complexity index is 528. The normalized spacial score (nSPS) is 10.4. The van der Waals surface area contributed by atoms with E-state index in [1.165, 1.54) is 0 Å². The minimum Gasteiger partial charge on any atom is -0.487 e. The zero-order valence-electron chi connectivity index (χ0n) is 9.70. The van der Waals surface area contributed by atoms with Crippen molar-refractivity contribution in [3.8, 4) is 5.75 Å². The lowest BCUT2D eigenvalue weighted by atomic mass is 10.2. The smallest absolute Gasteiger partial charge is 0.142 e. The standard InChI is InChI=1S/C14H13BrClNO/c15-12-6-4-10(5-7-12)9-18-14-11(8-17)2-1-3-13(14)16/h1-7H,8-9,17H2. The third-order valence-electron chi connectivity index (χ3n) is 2.56. The highest BCUT2D eigenvalue weighted by atomic mass is 79.9. The molecule has 0 unspecified atom stereocenters. The summed E-state index contributed by atoms with van der Waals surface area (Å²) >= 11 is 9.51. The van der Waals surface area contributed by atoms with Gasteiger partial charge in [0.1, 0.15) is 12.4 Å². The molecule has 0 spiro atoms. The van der Waals surface area contributed by atoms with Crippen molar-refractivity contribution in [2.45, 2.75) is 13.2 Å². The van der Waals surface area contributed by atoms with Crippen LogP contribution >= 0.6 is 27.5 Å². The molecule has 2 rings (SSSR count). The molecule has 2 nitrogen and oxygen atoms in total. The van der Waals surface area contributed by atoms with Crippen molar-refractivity contribution in [1.82, 2.24) is 0 Å². The first-order chi connectivity index (χ1) is 8.70. The van der Waals surface area contributed by atoms with Crippen LogP contribution in [0.25, 0.3) is 0 Å². The fourth-order valence-corrected chi connectivity index (χ4v) is 2.13. The summed E-state index contributed by atoms with van der Waals surface area (Å²) in [6, 6.07) is 13.6. The topological polar surface area (TPSA) is 35.2 Å². The van der Waals surface area contributed by atoms with Gasteiger partial charge >= 0.3 is 0 Å². The van der Waals surface area contributed by atoms with Gasteiger partial charge in [-0.3, -0.25) is 0 Å². The third-order valence-corrected chi connectivity index (χ3v) is 3.39. The lowest BCUT2D eigenvalue weighted by Gasteiger charge is -2.12. The van der Waals surface area contributed by atoms with E-state index in [0.717, 1.165) is 15.6 Å². The monoisotopic (exact) mass is 325 g/mol. The van der Waals surface area contributed by atoms with Crippen LogP contribution in [0, 0.1) is 0 Å². The first-order valence-corrected chi connectivity index (χ1v) is 6.72. The van der Waals surface area contributed by atoms with E-state index in [2.05, 4.69) is 15.9 Å². The summed E-state index contributed by atoms with van der Waals surface area (Å²) in [4.78, 5) is 0. The molecule has 0 amide bonds. The lowest BCUT2D eigenvalue weighted by molar-refractivity contribution is 0.303. The molecule has 94 valence electrons. The van der Waals surface area contributed by atoms with Gasteiger partial charge < -0.3 is 10.5 Å². The Kier molecular flexibility index (Phi) is 4.64. The van der Waals surface area contributed by atoms with Gasteiger partial charge in [-0.15, -0.1) is 0 Å². The number of hydrogen-bond donors (Lipinski definition) is 1. The van der Waals surface area contributed by atoms with E-state index in [1.54, 1.807) is 6.07 Å². The summed E-state index contributed by atoms with van der Waals surface area (Å²) in [5.74, 6) is 0.671. The van der Waals surface area contributed by atoms with Crippen LogP contribution in [-0.2, 0) is 13.2 Å². The van der Waals surface area contributed by atoms with Crippen LogP contribution < -0.4 is 10.5 Å². The van der Waals surface area contributed by atoms with Gasteiger partial charge in [0.2, 0.25) is 0 Å². The summed E-state index contributed by atoms with van der Waals surface area (Å²) in [6.07, 6.45) is 0. The van der Waals surface area contributed by atoms with E-state index in [0.29, 0.717) is 23.9 Å². The molecule has 0 saturated heterocycles. The van der Waals surface area contributed by atoms with Crippen LogP contribution in [0.1, 0.15) is 11.1 Å². The maximum Gasteiger partial charge on any atom is 0.142 e. The minimum atomic E-state index is 0.413. The van der Waals surface area contributed by atoms with Crippen LogP contribution in [0.3, 0.4) is 0 Å². The molecule has 0 aliphatic rings. The molecule has 2 aromatic carbocycles. The Morgan fingerprint density at radius 1 is 1.11 bits per heavy atom. The Balaban J connectivity index is 2.12. The molecule has 0 bridgehead atoms. The lowest BCUT2D eigenvalue weighted by Crippen LogP contribution is -2.03. The van der Waals surface area contributed by atoms with Crippen LogP contribution in [0.2, 0.25) is 5.02 Å². The predicted octanol–water partition coefficient (Wildman–Crippen LogP) is 4.14. The fourth-order valence-electron chi connectivity index (χ4n) is 1.61. The largest absolute Gasteiger partial charge is 0.487 e. The molecule has 0 fully saturated rings. The minimum absolute atomic E-state index is 0.413. The van der Waals surface area contributed by atoms with Gasteiger partial charge in [-0.05, 0) is 23.8 Å². The van der Waals surface area contributed by atoms with Gasteiger partial charge in [0, 0.05) is 16.6 Å². The molecule has 2 aromatic rings. The van der Waals surface area contributed by atoms with Gasteiger partial charge in [-0.2, -0.15) is 0 Å². The van der Waals surface area contributed by atoms with Crippen molar-refractivity contribution in [2.24, 2.45) is 5.73 Å². The highest BCUT2D eigenvalue weighted by molar-refractivity contribution is 9.10. The van der Waals surface area contributed by atoms with Crippen LogP contribution in [0.5, 0.6) is 5.75 Å². The van der Waals surface area contributed by atoms with Crippen LogP contribution in [0.4, 0.5) is 0 Å². The molecule has 0 aliphatic heterocycles. The summed E-state index contributed by atoms with van der Waals surface area (Å²) in [5.41, 5.74) is 7.66. The van der Waals surface area contributed by atoms with E-state index < -0.39 is 0 Å². The molecular formula is C14H13BrClNO. The van der Waals surface area contributed by atoms with Gasteiger partial charge in [0.25, 0.3) is 0 Å². The number of para-hydroxylation sites is 1. The Hall–Kier alpha value is -1.03. The summed E-state index contributed by atoms with van der Waals surface area (Å²) < 4.78 is 6.81. The maximum absolute atomic E-state index is 6.11. The second-order valence-corrected chi connectivity index (χ2v) is 5.17. The fraction of sp³-hybridized carbons (Fsp3) is 0.143. The molecular weight excluding hydrogens is 314 g/mol. The Morgan fingerprint density at radius 2 is 1.83 bits per heavy atom. The molecule has 0 atom stereocenters. The number of rotatable bonds is 4. The molecule has 0 saturated carbocycles. The van der Waals surface area contributed by atoms with Crippen molar-refractivity contribution >= 4 is 27.5 Å². The summed E-state index contributed by atoms with van der Waals surface area (Å²) in [5, 5.41) is 0.593. The second kappa shape index (κ2) is 6.23. The van der Waals surface area contributed by atoms with Crippen molar-refractivity contribution in [1.29, 1.82) is 0 Å². The van der Waals surface area contributed by atoms with Crippen LogP contribution in [0.15, 0.2) is 46.9 Å². The number of halogens is 2. The molecule has 0 aromatic heterocycles. The van der Waals surface area contributed by atoms with E-state index in [1.807, 2.05) is 36.4 Å². The number of ether oxygens (including phenoxy) is 1. The molecule has 2 N–H and O–H groups in total. The molecule has 18 heavy (non-hydrogen) atoms. The molecule has 0 heterocycles. The van der Waals surface area contributed by atoms with Crippen molar-refractivity contribution in [3.63, 3.8) is 0 Å². The first kappa shape index (κ1) is 13.4. The molecule has 0 radical (unpaired) electrons. The number of hydrogen-bond acceptors (Lipinski definition) is 2. The van der Waals surface area contributed by atoms with E-state index >= 15 is 0 Å². The number of nitrogens with two attached hydrogens (primary N) is 1. The zero-order valence-corrected chi connectivity index (χ0v) is 12.0. The third kappa shape index (κ3) is 3.25. The highest BCUT2D eigenvalue weighted by Crippen LogP contribution is 2.29. The highest BCUT2D eigenvalue weighted by Gasteiger charge is 2.07. The molecule has 4 heteroatoms. The van der Waals surface area contributed by atoms with Crippen molar-refractivity contribution in [3.05, 3.63) is 63.1 Å². The van der Waals surface area contributed by atoms with E-state index in [9.17, 15) is 0 Å². The second-order valence-electron chi connectivity index (χ2n) is 3.85. The maximum atomic E-state index is 6.11. The quantitative estimate of drug-likeness (QED) is 0.916. The van der Waals surface area contributed by atoms with Crippen molar-refractivity contribution < 1.29 is 4.74 Å². The zero-order chi connectivity index (χ0) is 13.0. The summed E-state index contributed by atoms with van der Waals surface area (Å²) in [6.45, 7) is 0.889. The first-order valence-electron chi connectivity index (χ1n) is 5.55. The predicted molar refractivity (Wildman–Crippen MR) is 77.8 cm³/mol. The average Bonchev–Trinajstić information content (AvgIpc) is 2.39. The van der Waals surface area contributed by atoms with Crippen LogP contribution in [-0.4, -0.2) is 0 Å². The van der Waals surface area contributed by atoms with Gasteiger partial charge in [-0.1, -0.05) is 51.8 Å². The summed E-state index contributed by atoms with van der Waals surface area (Å²) in [7, 11) is 0. The SMILES string of the molecule is NCc1cccc(Cl)c1OCc1ccc(Br)cc1. The van der Waals surface area contributed by atoms with E-state index in [-0.39, 0.29) is 0 Å². The van der Waals surface area contributed by atoms with E-state index in [4.69, 9.17) is 22.1 Å². The Labute approximate surface area is 120 Å². The Morgan fingerprint density at radius 3 is 2.50 bits per heavy atom. The van der Waals surface area contributed by atoms with Gasteiger partial charge in [0.05, 0.1) is 5.02 Å². The van der Waals surface area contributed by atoms with Gasteiger partial charge in [0.15, 0.2) is 0 Å².